The maximum atomic E-state index is 12.4. The van der Waals surface area contributed by atoms with Crippen LogP contribution >= 0.6 is 11.3 Å². The van der Waals surface area contributed by atoms with Crippen LogP contribution in [0.1, 0.15) is 10.6 Å². The molecule has 0 spiro atoms. The predicted molar refractivity (Wildman–Crippen MR) is 61.9 cm³/mol. The zero-order valence-electron chi connectivity index (χ0n) is 9.03. The first kappa shape index (κ1) is 12.6. The number of thiazole rings is 1. The summed E-state index contributed by atoms with van der Waals surface area (Å²) in [6, 6.07) is 8.85. The van der Waals surface area contributed by atoms with Crippen LogP contribution in [0, 0.1) is 11.3 Å². The van der Waals surface area contributed by atoms with Crippen molar-refractivity contribution in [2.24, 2.45) is 0 Å². The highest BCUT2D eigenvalue weighted by atomic mass is 32.1. The van der Waals surface area contributed by atoms with E-state index in [1.165, 1.54) is 6.20 Å². The molecule has 2 rings (SSSR count). The van der Waals surface area contributed by atoms with E-state index in [1.54, 1.807) is 24.3 Å². The van der Waals surface area contributed by atoms with Gasteiger partial charge in [-0.3, -0.25) is 0 Å². The maximum Gasteiger partial charge on any atom is 0.443 e. The zero-order valence-corrected chi connectivity index (χ0v) is 9.85. The number of alkyl halides is 3. The van der Waals surface area contributed by atoms with Crippen molar-refractivity contribution in [3.63, 3.8) is 0 Å². The molecule has 1 aromatic heterocycles. The third kappa shape index (κ3) is 2.68. The van der Waals surface area contributed by atoms with Gasteiger partial charge in [-0.15, -0.1) is 11.3 Å². The van der Waals surface area contributed by atoms with Crippen molar-refractivity contribution in [1.82, 2.24) is 4.98 Å². The molecule has 2 aromatic rings. The normalized spacial score (nSPS) is 11.2. The van der Waals surface area contributed by atoms with Crippen molar-refractivity contribution >= 4 is 11.3 Å². The Morgan fingerprint density at radius 1 is 1.22 bits per heavy atom. The largest absolute Gasteiger partial charge is 0.443 e. The molecular formula is C12H7F3N2S. The van der Waals surface area contributed by atoms with Crippen LogP contribution in [0.5, 0.6) is 0 Å². The van der Waals surface area contributed by atoms with E-state index in [1.807, 2.05) is 6.07 Å². The highest BCUT2D eigenvalue weighted by Crippen LogP contribution is 2.36. The lowest BCUT2D eigenvalue weighted by Crippen LogP contribution is -2.02. The molecule has 0 unspecified atom stereocenters. The summed E-state index contributed by atoms with van der Waals surface area (Å²) in [4.78, 5) is 3.83. The molecule has 0 aliphatic heterocycles. The Morgan fingerprint density at radius 3 is 2.39 bits per heavy atom. The summed E-state index contributed by atoms with van der Waals surface area (Å²) in [7, 11) is 0. The average Bonchev–Trinajstić information content (AvgIpc) is 2.79. The molecule has 0 N–H and O–H groups in total. The maximum absolute atomic E-state index is 12.4. The first-order valence-corrected chi connectivity index (χ1v) is 5.81. The van der Waals surface area contributed by atoms with Crippen molar-refractivity contribution in [2.45, 2.75) is 12.6 Å². The Labute approximate surface area is 105 Å². The van der Waals surface area contributed by atoms with Crippen LogP contribution in [-0.2, 0) is 12.6 Å². The van der Waals surface area contributed by atoms with E-state index in [9.17, 15) is 13.2 Å². The van der Waals surface area contributed by atoms with Gasteiger partial charge in [0.2, 0.25) is 0 Å². The molecule has 0 amide bonds. The molecule has 92 valence electrons. The lowest BCUT2D eigenvalue weighted by molar-refractivity contribution is -0.137. The van der Waals surface area contributed by atoms with Crippen LogP contribution in [-0.4, -0.2) is 4.98 Å². The van der Waals surface area contributed by atoms with Gasteiger partial charge >= 0.3 is 6.18 Å². The number of benzene rings is 1. The van der Waals surface area contributed by atoms with Crippen molar-refractivity contribution in [2.75, 3.05) is 0 Å². The van der Waals surface area contributed by atoms with E-state index in [2.05, 4.69) is 4.98 Å². The Balaban J connectivity index is 2.27. The number of rotatable bonds is 2. The van der Waals surface area contributed by atoms with Crippen molar-refractivity contribution in [1.29, 1.82) is 5.26 Å². The number of halogens is 3. The van der Waals surface area contributed by atoms with Gasteiger partial charge in [0.25, 0.3) is 0 Å². The van der Waals surface area contributed by atoms with Gasteiger partial charge in [0.05, 0.1) is 17.4 Å². The van der Waals surface area contributed by atoms with Crippen molar-refractivity contribution in [3.8, 4) is 16.5 Å². The molecule has 0 fully saturated rings. The van der Waals surface area contributed by atoms with Crippen molar-refractivity contribution in [3.05, 3.63) is 41.0 Å². The summed E-state index contributed by atoms with van der Waals surface area (Å²) in [6.07, 6.45) is -2.90. The fourth-order valence-corrected chi connectivity index (χ4v) is 2.21. The lowest BCUT2D eigenvalue weighted by atomic mass is 10.1. The molecule has 0 aliphatic rings. The van der Waals surface area contributed by atoms with E-state index < -0.39 is 11.2 Å². The van der Waals surface area contributed by atoms with E-state index in [0.29, 0.717) is 21.8 Å². The minimum Gasteiger partial charge on any atom is -0.240 e. The van der Waals surface area contributed by atoms with Gasteiger partial charge in [-0.25, -0.2) is 4.98 Å². The summed E-state index contributed by atoms with van der Waals surface area (Å²) < 4.78 is 37.2. The Kier molecular flexibility index (Phi) is 3.34. The molecule has 0 aliphatic carbocycles. The number of nitrogens with zero attached hydrogens (tertiary/aromatic N) is 2. The van der Waals surface area contributed by atoms with Gasteiger partial charge in [0, 0.05) is 6.20 Å². The Hall–Kier alpha value is -1.87. The van der Waals surface area contributed by atoms with Crippen LogP contribution in [0.15, 0.2) is 30.5 Å². The predicted octanol–water partition coefficient (Wildman–Crippen LogP) is 3.89. The molecule has 1 aromatic carbocycles. The second-order valence-corrected chi connectivity index (χ2v) is 4.59. The molecule has 18 heavy (non-hydrogen) atoms. The highest BCUT2D eigenvalue weighted by Gasteiger charge is 2.34. The summed E-state index contributed by atoms with van der Waals surface area (Å²) in [5, 5.41) is 7.67. The van der Waals surface area contributed by atoms with Gasteiger partial charge in [-0.05, 0) is 11.1 Å². The molecule has 0 saturated heterocycles. The minimum absolute atomic E-state index is 0.288. The third-order valence-corrected chi connectivity index (χ3v) is 3.36. The van der Waals surface area contributed by atoms with Crippen LogP contribution < -0.4 is 0 Å². The van der Waals surface area contributed by atoms with Crippen LogP contribution in [0.2, 0.25) is 0 Å². The topological polar surface area (TPSA) is 36.7 Å². The van der Waals surface area contributed by atoms with Gasteiger partial charge in [-0.2, -0.15) is 18.4 Å². The van der Waals surface area contributed by atoms with E-state index >= 15 is 0 Å². The van der Waals surface area contributed by atoms with E-state index in [-0.39, 0.29) is 6.42 Å². The molecule has 6 heteroatoms. The van der Waals surface area contributed by atoms with Crippen LogP contribution in [0.4, 0.5) is 13.2 Å². The zero-order chi connectivity index (χ0) is 13.2. The molecule has 0 radical (unpaired) electrons. The highest BCUT2D eigenvalue weighted by molar-refractivity contribution is 7.15. The molecular weight excluding hydrogens is 261 g/mol. The summed E-state index contributed by atoms with van der Waals surface area (Å²) in [6.45, 7) is 0. The number of hydrogen-bond donors (Lipinski definition) is 0. The number of hydrogen-bond acceptors (Lipinski definition) is 3. The van der Waals surface area contributed by atoms with E-state index in [0.717, 1.165) is 5.56 Å². The lowest BCUT2D eigenvalue weighted by Gasteiger charge is -2.00. The van der Waals surface area contributed by atoms with Gasteiger partial charge in [0.15, 0.2) is 5.01 Å². The first-order valence-electron chi connectivity index (χ1n) is 5.00. The Morgan fingerprint density at radius 2 is 1.89 bits per heavy atom. The van der Waals surface area contributed by atoms with E-state index in [4.69, 9.17) is 5.26 Å². The van der Waals surface area contributed by atoms with Gasteiger partial charge in [-0.1, -0.05) is 24.3 Å². The molecule has 2 nitrogen and oxygen atoms in total. The number of nitriles is 1. The monoisotopic (exact) mass is 268 g/mol. The average molecular weight is 268 g/mol. The number of aromatic nitrogens is 1. The molecule has 1 heterocycles. The van der Waals surface area contributed by atoms with Crippen LogP contribution in [0.3, 0.4) is 0 Å². The first-order chi connectivity index (χ1) is 8.50. The quantitative estimate of drug-likeness (QED) is 0.828. The smallest absolute Gasteiger partial charge is 0.240 e. The minimum atomic E-state index is -4.40. The molecule has 0 saturated carbocycles. The van der Waals surface area contributed by atoms with Gasteiger partial charge < -0.3 is 0 Å². The SMILES string of the molecule is N#CCc1ccc(-c2cnc(C(F)(F)F)s2)cc1. The molecule has 0 bridgehead atoms. The fourth-order valence-electron chi connectivity index (χ4n) is 1.42. The van der Waals surface area contributed by atoms with Crippen LogP contribution in [0.25, 0.3) is 10.4 Å². The summed E-state index contributed by atoms with van der Waals surface area (Å²) in [5.41, 5.74) is 1.51. The third-order valence-electron chi connectivity index (χ3n) is 2.27. The molecule has 0 atom stereocenters. The summed E-state index contributed by atoms with van der Waals surface area (Å²) >= 11 is 0.611. The second kappa shape index (κ2) is 4.78. The Bertz CT molecular complexity index is 579. The fraction of sp³-hybridized carbons (Fsp3) is 0.167. The summed E-state index contributed by atoms with van der Waals surface area (Å²) in [5.74, 6) is 0. The van der Waals surface area contributed by atoms with Crippen molar-refractivity contribution < 1.29 is 13.2 Å². The standard InChI is InChI=1S/C12H7F3N2S/c13-12(14,15)11-17-7-10(18-11)9-3-1-8(2-4-9)5-6-16/h1-4,7H,5H2. The van der Waals surface area contributed by atoms with Gasteiger partial charge in [0.1, 0.15) is 0 Å². The second-order valence-electron chi connectivity index (χ2n) is 3.56.